The van der Waals surface area contributed by atoms with Crippen molar-refractivity contribution in [2.45, 2.75) is 40.5 Å². The highest BCUT2D eigenvalue weighted by molar-refractivity contribution is 5.89. The Morgan fingerprint density at radius 1 is 1.21 bits per heavy atom. The second-order valence-corrected chi connectivity index (χ2v) is 6.09. The summed E-state index contributed by atoms with van der Waals surface area (Å²) in [6.07, 6.45) is 2.74. The van der Waals surface area contributed by atoms with Crippen LogP contribution in [0.15, 0.2) is 24.4 Å². The molecule has 0 aliphatic heterocycles. The largest absolute Gasteiger partial charge is 0.311 e. The summed E-state index contributed by atoms with van der Waals surface area (Å²) < 4.78 is 1.84. The van der Waals surface area contributed by atoms with Crippen LogP contribution in [-0.2, 0) is 11.2 Å². The van der Waals surface area contributed by atoms with E-state index in [1.807, 2.05) is 50.4 Å². The zero-order valence-electron chi connectivity index (χ0n) is 14.4. The molecule has 0 radical (unpaired) electrons. The highest BCUT2D eigenvalue weighted by Crippen LogP contribution is 2.17. The standard InChI is InChI=1S/C18H21N5O/c1-11-5-7-16(19-10-11)21-18(24)8-6-15-13(3)20-17-9-12(2)22-23(17)14(15)4/h5,7,9-10H,6,8H2,1-4H3,(H,19,21,24). The molecule has 0 bridgehead atoms. The van der Waals surface area contributed by atoms with E-state index in [9.17, 15) is 4.79 Å². The van der Waals surface area contributed by atoms with Crippen LogP contribution in [-0.4, -0.2) is 25.5 Å². The third-order valence-corrected chi connectivity index (χ3v) is 4.07. The molecule has 3 heterocycles. The molecule has 6 nitrogen and oxygen atoms in total. The maximum atomic E-state index is 12.2. The lowest BCUT2D eigenvalue weighted by Crippen LogP contribution is -2.15. The van der Waals surface area contributed by atoms with Gasteiger partial charge < -0.3 is 5.32 Å². The molecule has 0 spiro atoms. The minimum absolute atomic E-state index is 0.0538. The smallest absolute Gasteiger partial charge is 0.225 e. The van der Waals surface area contributed by atoms with Gasteiger partial charge in [-0.25, -0.2) is 14.5 Å². The number of rotatable bonds is 4. The van der Waals surface area contributed by atoms with Crippen LogP contribution in [0, 0.1) is 27.7 Å². The Bertz CT molecular complexity index is 896. The monoisotopic (exact) mass is 323 g/mol. The average Bonchev–Trinajstić information content (AvgIpc) is 2.90. The number of carbonyl (C=O) groups excluding carboxylic acids is 1. The Morgan fingerprint density at radius 3 is 2.71 bits per heavy atom. The van der Waals surface area contributed by atoms with Gasteiger partial charge in [-0.2, -0.15) is 5.10 Å². The molecule has 0 atom stereocenters. The van der Waals surface area contributed by atoms with Crippen LogP contribution in [0.4, 0.5) is 5.82 Å². The molecule has 3 rings (SSSR count). The van der Waals surface area contributed by atoms with Gasteiger partial charge in [-0.1, -0.05) is 6.07 Å². The van der Waals surface area contributed by atoms with E-state index >= 15 is 0 Å². The fraction of sp³-hybridized carbons (Fsp3) is 0.333. The first-order valence-corrected chi connectivity index (χ1v) is 7.99. The topological polar surface area (TPSA) is 72.2 Å². The number of hydrogen-bond acceptors (Lipinski definition) is 4. The number of carbonyl (C=O) groups is 1. The zero-order chi connectivity index (χ0) is 17.3. The maximum absolute atomic E-state index is 12.2. The molecule has 24 heavy (non-hydrogen) atoms. The highest BCUT2D eigenvalue weighted by atomic mass is 16.1. The highest BCUT2D eigenvalue weighted by Gasteiger charge is 2.13. The Balaban J connectivity index is 1.73. The number of aromatic nitrogens is 4. The van der Waals surface area contributed by atoms with Gasteiger partial charge in [0.05, 0.1) is 5.69 Å². The Morgan fingerprint density at radius 2 is 2.00 bits per heavy atom. The van der Waals surface area contributed by atoms with E-state index in [4.69, 9.17) is 0 Å². The zero-order valence-corrected chi connectivity index (χ0v) is 14.4. The number of hydrogen-bond donors (Lipinski definition) is 1. The van der Waals surface area contributed by atoms with Crippen molar-refractivity contribution >= 4 is 17.4 Å². The fourth-order valence-electron chi connectivity index (χ4n) is 2.79. The fourth-order valence-corrected chi connectivity index (χ4v) is 2.79. The van der Waals surface area contributed by atoms with Gasteiger partial charge in [0.1, 0.15) is 5.82 Å². The number of nitrogens with one attached hydrogen (secondary N) is 1. The first-order chi connectivity index (χ1) is 11.4. The minimum Gasteiger partial charge on any atom is -0.311 e. The number of pyridine rings is 1. The molecule has 0 saturated carbocycles. The lowest BCUT2D eigenvalue weighted by Gasteiger charge is -2.11. The Hall–Kier alpha value is -2.76. The van der Waals surface area contributed by atoms with Crippen molar-refractivity contribution < 1.29 is 4.79 Å². The summed E-state index contributed by atoms with van der Waals surface area (Å²) in [4.78, 5) is 20.9. The average molecular weight is 323 g/mol. The van der Waals surface area contributed by atoms with E-state index in [0.29, 0.717) is 18.7 Å². The van der Waals surface area contributed by atoms with E-state index in [1.54, 1.807) is 6.20 Å². The van der Waals surface area contributed by atoms with Gasteiger partial charge in [0.15, 0.2) is 5.65 Å². The molecule has 0 aromatic carbocycles. The molecule has 0 aliphatic rings. The van der Waals surface area contributed by atoms with Crippen LogP contribution >= 0.6 is 0 Å². The Labute approximate surface area is 141 Å². The van der Waals surface area contributed by atoms with Crippen LogP contribution in [0.3, 0.4) is 0 Å². The number of aryl methyl sites for hydroxylation is 4. The molecule has 3 aromatic rings. The van der Waals surface area contributed by atoms with Crippen LogP contribution in [0.5, 0.6) is 0 Å². The first-order valence-electron chi connectivity index (χ1n) is 7.99. The molecule has 124 valence electrons. The summed E-state index contributed by atoms with van der Waals surface area (Å²) in [5.41, 5.74) is 5.89. The van der Waals surface area contributed by atoms with Crippen molar-refractivity contribution in [3.63, 3.8) is 0 Å². The van der Waals surface area contributed by atoms with Gasteiger partial charge in [-0.3, -0.25) is 4.79 Å². The second-order valence-electron chi connectivity index (χ2n) is 6.09. The van der Waals surface area contributed by atoms with Gasteiger partial charge in [-0.15, -0.1) is 0 Å². The minimum atomic E-state index is -0.0538. The SMILES string of the molecule is Cc1ccc(NC(=O)CCc2c(C)nc3cc(C)nn3c2C)nc1. The summed E-state index contributed by atoms with van der Waals surface area (Å²) in [5, 5.41) is 7.29. The summed E-state index contributed by atoms with van der Waals surface area (Å²) in [6.45, 7) is 7.91. The molecule has 6 heteroatoms. The molecular formula is C18H21N5O. The Kier molecular flexibility index (Phi) is 4.29. The molecule has 1 amide bonds. The molecule has 3 aromatic heterocycles. The molecule has 1 N–H and O–H groups in total. The summed E-state index contributed by atoms with van der Waals surface area (Å²) in [7, 11) is 0. The number of anilines is 1. The molecule has 0 unspecified atom stereocenters. The summed E-state index contributed by atoms with van der Waals surface area (Å²) in [5.74, 6) is 0.525. The van der Waals surface area contributed by atoms with E-state index < -0.39 is 0 Å². The van der Waals surface area contributed by atoms with E-state index in [1.165, 1.54) is 0 Å². The molecular weight excluding hydrogens is 302 g/mol. The van der Waals surface area contributed by atoms with Crippen molar-refractivity contribution in [1.29, 1.82) is 0 Å². The van der Waals surface area contributed by atoms with Crippen molar-refractivity contribution in [3.05, 3.63) is 52.6 Å². The van der Waals surface area contributed by atoms with Crippen LogP contribution in [0.1, 0.15) is 34.6 Å². The van der Waals surface area contributed by atoms with Gasteiger partial charge in [0, 0.05) is 30.1 Å². The number of nitrogens with zero attached hydrogens (tertiary/aromatic N) is 4. The molecule has 0 aliphatic carbocycles. The van der Waals surface area contributed by atoms with E-state index in [0.717, 1.165) is 33.9 Å². The first kappa shape index (κ1) is 16.1. The van der Waals surface area contributed by atoms with Gasteiger partial charge in [-0.05, 0) is 51.3 Å². The number of amides is 1. The lowest BCUT2D eigenvalue weighted by molar-refractivity contribution is -0.116. The lowest BCUT2D eigenvalue weighted by atomic mass is 10.1. The van der Waals surface area contributed by atoms with Gasteiger partial charge in [0.2, 0.25) is 5.91 Å². The van der Waals surface area contributed by atoms with Gasteiger partial charge in [0.25, 0.3) is 0 Å². The third-order valence-electron chi connectivity index (χ3n) is 4.07. The van der Waals surface area contributed by atoms with Gasteiger partial charge >= 0.3 is 0 Å². The van der Waals surface area contributed by atoms with Crippen LogP contribution in [0.2, 0.25) is 0 Å². The van der Waals surface area contributed by atoms with E-state index in [2.05, 4.69) is 20.4 Å². The second kappa shape index (κ2) is 6.39. The molecule has 0 fully saturated rings. The normalized spacial score (nSPS) is 11.0. The van der Waals surface area contributed by atoms with E-state index in [-0.39, 0.29) is 5.91 Å². The maximum Gasteiger partial charge on any atom is 0.225 e. The number of fused-ring (bicyclic) bond motifs is 1. The molecule has 0 saturated heterocycles. The van der Waals surface area contributed by atoms with Crippen molar-refractivity contribution in [3.8, 4) is 0 Å². The van der Waals surface area contributed by atoms with Crippen molar-refractivity contribution in [1.82, 2.24) is 19.6 Å². The third kappa shape index (κ3) is 3.27. The summed E-state index contributed by atoms with van der Waals surface area (Å²) in [6, 6.07) is 5.69. The predicted octanol–water partition coefficient (Wildman–Crippen LogP) is 2.93. The van der Waals surface area contributed by atoms with Crippen molar-refractivity contribution in [2.75, 3.05) is 5.32 Å². The predicted molar refractivity (Wildman–Crippen MR) is 93.1 cm³/mol. The van der Waals surface area contributed by atoms with Crippen LogP contribution in [0.25, 0.3) is 5.65 Å². The quantitative estimate of drug-likeness (QED) is 0.801. The van der Waals surface area contributed by atoms with Crippen LogP contribution < -0.4 is 5.32 Å². The summed E-state index contributed by atoms with van der Waals surface area (Å²) >= 11 is 0. The van der Waals surface area contributed by atoms with Crippen molar-refractivity contribution in [2.24, 2.45) is 0 Å².